The summed E-state index contributed by atoms with van der Waals surface area (Å²) in [5.74, 6) is -1.35. The lowest BCUT2D eigenvalue weighted by Gasteiger charge is -2.20. The van der Waals surface area contributed by atoms with Crippen LogP contribution in [0.2, 0.25) is 0 Å². The molecule has 0 bridgehead atoms. The van der Waals surface area contributed by atoms with Crippen molar-refractivity contribution in [2.75, 3.05) is 33.0 Å². The van der Waals surface area contributed by atoms with E-state index in [1.807, 2.05) is 27.7 Å². The van der Waals surface area contributed by atoms with Crippen molar-refractivity contribution in [3.63, 3.8) is 0 Å². The average molecular weight is 362 g/mol. The van der Waals surface area contributed by atoms with Crippen LogP contribution >= 0.6 is 0 Å². The molecule has 0 spiro atoms. The van der Waals surface area contributed by atoms with Crippen molar-refractivity contribution in [1.82, 2.24) is 0 Å². The number of hydrogen-bond acceptors (Lipinski definition) is 7. The molecule has 0 radical (unpaired) electrons. The molecule has 0 aromatic rings. The maximum atomic E-state index is 9.41. The van der Waals surface area contributed by atoms with Crippen LogP contribution < -0.4 is 0 Å². The Bertz CT molecular complexity index is 399. The molecule has 4 unspecified atom stereocenters. The second kappa shape index (κ2) is 9.08. The second-order valence-corrected chi connectivity index (χ2v) is 7.57. The Morgan fingerprint density at radius 3 is 1.68 bits per heavy atom. The number of rotatable bonds is 10. The molecule has 2 saturated heterocycles. The summed E-state index contributed by atoms with van der Waals surface area (Å²) in [5, 5.41) is 9.41. The first-order chi connectivity index (χ1) is 11.8. The molecule has 0 amide bonds. The molecule has 25 heavy (non-hydrogen) atoms. The van der Waals surface area contributed by atoms with E-state index < -0.39 is 11.6 Å². The van der Waals surface area contributed by atoms with Crippen LogP contribution in [0.5, 0.6) is 0 Å². The number of aliphatic hydroxyl groups excluding tert-OH is 1. The van der Waals surface area contributed by atoms with Gasteiger partial charge in [-0.2, -0.15) is 0 Å². The monoisotopic (exact) mass is 362 g/mol. The van der Waals surface area contributed by atoms with Crippen LogP contribution in [-0.2, 0) is 28.4 Å². The Hall–Kier alpha value is -0.280. The number of ether oxygens (including phenoxy) is 6. The fourth-order valence-corrected chi connectivity index (χ4v) is 3.14. The van der Waals surface area contributed by atoms with Gasteiger partial charge < -0.3 is 33.5 Å². The Balaban J connectivity index is 1.77. The molecule has 2 heterocycles. The Labute approximate surface area is 150 Å². The summed E-state index contributed by atoms with van der Waals surface area (Å²) in [6.45, 7) is 11.4. The minimum Gasteiger partial charge on any atom is -0.394 e. The highest BCUT2D eigenvalue weighted by Gasteiger charge is 2.43. The van der Waals surface area contributed by atoms with E-state index >= 15 is 0 Å². The van der Waals surface area contributed by atoms with E-state index in [2.05, 4.69) is 6.92 Å². The molecule has 0 aromatic heterocycles. The third-order valence-corrected chi connectivity index (χ3v) is 4.24. The molecule has 7 nitrogen and oxygen atoms in total. The largest absolute Gasteiger partial charge is 0.394 e. The molecule has 2 aliphatic rings. The zero-order valence-corrected chi connectivity index (χ0v) is 16.2. The highest BCUT2D eigenvalue weighted by molar-refractivity contribution is 4.83. The first kappa shape index (κ1) is 21.0. The van der Waals surface area contributed by atoms with Crippen molar-refractivity contribution in [3.05, 3.63) is 0 Å². The van der Waals surface area contributed by atoms with Crippen molar-refractivity contribution >= 4 is 0 Å². The van der Waals surface area contributed by atoms with Crippen molar-refractivity contribution < 1.29 is 33.5 Å². The van der Waals surface area contributed by atoms with Crippen LogP contribution in [0.4, 0.5) is 0 Å². The lowest BCUT2D eigenvalue weighted by Crippen LogP contribution is -2.35. The summed E-state index contributed by atoms with van der Waals surface area (Å²) >= 11 is 0. The smallest absolute Gasteiger partial charge is 0.163 e. The van der Waals surface area contributed by atoms with E-state index in [4.69, 9.17) is 28.4 Å². The molecule has 0 saturated carbocycles. The predicted molar refractivity (Wildman–Crippen MR) is 91.3 cm³/mol. The zero-order chi connectivity index (χ0) is 18.5. The summed E-state index contributed by atoms with van der Waals surface area (Å²) in [4.78, 5) is 0. The fourth-order valence-electron chi connectivity index (χ4n) is 3.14. The summed E-state index contributed by atoms with van der Waals surface area (Å²) in [7, 11) is 0. The van der Waals surface area contributed by atoms with Crippen LogP contribution in [0.3, 0.4) is 0 Å². The molecule has 4 atom stereocenters. The van der Waals surface area contributed by atoms with Crippen molar-refractivity contribution in [1.29, 1.82) is 0 Å². The van der Waals surface area contributed by atoms with Crippen molar-refractivity contribution in [2.24, 2.45) is 0 Å². The number of unbranched alkanes of at least 4 members (excludes halogenated alkanes) is 1. The average Bonchev–Trinajstić information content (AvgIpc) is 2.98. The van der Waals surface area contributed by atoms with Crippen LogP contribution in [0.25, 0.3) is 0 Å². The molecule has 148 valence electrons. The maximum absolute atomic E-state index is 9.41. The molecular formula is C18H34O7. The first-order valence-electron chi connectivity index (χ1n) is 9.24. The normalized spacial score (nSPS) is 33.8. The molecule has 2 rings (SSSR count). The number of hydrogen-bond donors (Lipinski definition) is 1. The lowest BCUT2D eigenvalue weighted by atomic mass is 10.2. The van der Waals surface area contributed by atoms with E-state index in [0.717, 1.165) is 19.4 Å². The summed E-state index contributed by atoms with van der Waals surface area (Å²) in [5.41, 5.74) is 0. The van der Waals surface area contributed by atoms with Crippen LogP contribution in [-0.4, -0.2) is 74.1 Å². The predicted octanol–water partition coefficient (Wildman–Crippen LogP) is 1.85. The molecular weight excluding hydrogens is 328 g/mol. The number of aliphatic hydroxyl groups is 1. The van der Waals surface area contributed by atoms with Crippen molar-refractivity contribution in [2.45, 2.75) is 83.5 Å². The Morgan fingerprint density at radius 1 is 0.760 bits per heavy atom. The van der Waals surface area contributed by atoms with E-state index in [9.17, 15) is 5.11 Å². The Kier molecular flexibility index (Phi) is 7.64. The summed E-state index contributed by atoms with van der Waals surface area (Å²) < 4.78 is 34.7. The topological polar surface area (TPSA) is 75.6 Å². The van der Waals surface area contributed by atoms with Gasteiger partial charge >= 0.3 is 0 Å². The van der Waals surface area contributed by atoms with E-state index in [-0.39, 0.29) is 31.0 Å². The molecule has 2 fully saturated rings. The quantitative estimate of drug-likeness (QED) is 0.594. The molecule has 1 N–H and O–H groups in total. The van der Waals surface area contributed by atoms with Crippen LogP contribution in [0.15, 0.2) is 0 Å². The lowest BCUT2D eigenvalue weighted by molar-refractivity contribution is -0.159. The van der Waals surface area contributed by atoms with Gasteiger partial charge in [-0.1, -0.05) is 13.3 Å². The molecule has 2 aliphatic heterocycles. The van der Waals surface area contributed by atoms with Gasteiger partial charge in [0, 0.05) is 6.61 Å². The van der Waals surface area contributed by atoms with Gasteiger partial charge in [0.05, 0.1) is 26.4 Å². The molecule has 7 heteroatoms. The summed E-state index contributed by atoms with van der Waals surface area (Å²) in [6.07, 6.45) is 1.12. The van der Waals surface area contributed by atoms with Gasteiger partial charge in [0.15, 0.2) is 11.6 Å². The van der Waals surface area contributed by atoms with E-state index in [1.165, 1.54) is 0 Å². The third-order valence-electron chi connectivity index (χ3n) is 4.24. The highest BCUT2D eigenvalue weighted by Crippen LogP contribution is 2.30. The van der Waals surface area contributed by atoms with Gasteiger partial charge in [0.25, 0.3) is 0 Å². The van der Waals surface area contributed by atoms with Gasteiger partial charge in [-0.15, -0.1) is 0 Å². The molecule has 0 aromatic carbocycles. The van der Waals surface area contributed by atoms with E-state index in [1.54, 1.807) is 0 Å². The van der Waals surface area contributed by atoms with Gasteiger partial charge in [0.1, 0.15) is 24.4 Å². The minimum atomic E-state index is -0.702. The Morgan fingerprint density at radius 2 is 1.20 bits per heavy atom. The van der Waals surface area contributed by atoms with Gasteiger partial charge in [-0.05, 0) is 34.1 Å². The zero-order valence-electron chi connectivity index (χ0n) is 16.2. The fraction of sp³-hybridized carbons (Fsp3) is 1.00. The minimum absolute atomic E-state index is 0.0958. The molecule has 0 aliphatic carbocycles. The standard InChI is InChI=1S/C18H34O7/c1-6-7-8-20-10-15-16(25-18(4,5)24-15)12-21-11-14-13(9-19)22-17(2,3)23-14/h13-16,19H,6-12H2,1-5H3. The van der Waals surface area contributed by atoms with E-state index in [0.29, 0.717) is 19.8 Å². The van der Waals surface area contributed by atoms with Crippen LogP contribution in [0.1, 0.15) is 47.5 Å². The second-order valence-electron chi connectivity index (χ2n) is 7.57. The maximum Gasteiger partial charge on any atom is 0.163 e. The van der Waals surface area contributed by atoms with Gasteiger partial charge in [-0.25, -0.2) is 0 Å². The van der Waals surface area contributed by atoms with Gasteiger partial charge in [-0.3, -0.25) is 0 Å². The highest BCUT2D eigenvalue weighted by atomic mass is 16.8. The summed E-state index contributed by atoms with van der Waals surface area (Å²) in [6, 6.07) is 0. The first-order valence-corrected chi connectivity index (χ1v) is 9.24. The van der Waals surface area contributed by atoms with Gasteiger partial charge in [0.2, 0.25) is 0 Å². The SMILES string of the molecule is CCCCOCC1OC(C)(C)OC1COCC1OC(C)(C)OC1CO. The van der Waals surface area contributed by atoms with Crippen molar-refractivity contribution in [3.8, 4) is 0 Å². The van der Waals surface area contributed by atoms with Crippen LogP contribution in [0, 0.1) is 0 Å². The third kappa shape index (κ3) is 6.43.